The lowest BCUT2D eigenvalue weighted by atomic mass is 10.3. The van der Waals surface area contributed by atoms with Gasteiger partial charge in [0.15, 0.2) is 5.13 Å². The summed E-state index contributed by atoms with van der Waals surface area (Å²) in [5.74, 6) is 0.496. The zero-order valence-corrected chi connectivity index (χ0v) is 14.3. The number of anilines is 1. The molecule has 9 heteroatoms. The number of thiazole rings is 1. The summed E-state index contributed by atoms with van der Waals surface area (Å²) in [7, 11) is 0. The van der Waals surface area contributed by atoms with Gasteiger partial charge in [-0.05, 0) is 25.1 Å². The van der Waals surface area contributed by atoms with E-state index in [0.717, 1.165) is 16.0 Å². The number of rotatable bonds is 6. The van der Waals surface area contributed by atoms with Crippen LogP contribution in [0, 0.1) is 0 Å². The molecule has 0 aliphatic carbocycles. The van der Waals surface area contributed by atoms with Gasteiger partial charge < -0.3 is 14.6 Å². The van der Waals surface area contributed by atoms with Crippen molar-refractivity contribution in [3.05, 3.63) is 51.3 Å². The molecule has 1 aromatic carbocycles. The minimum atomic E-state index is -0.538. The number of hydrogen-bond donors (Lipinski definition) is 2. The highest BCUT2D eigenvalue weighted by Gasteiger charge is 2.09. The second-order valence-electron chi connectivity index (χ2n) is 5.18. The van der Waals surface area contributed by atoms with Crippen LogP contribution in [0.3, 0.4) is 0 Å². The molecule has 3 aromatic rings. The van der Waals surface area contributed by atoms with Gasteiger partial charge in [0.2, 0.25) is 5.91 Å². The van der Waals surface area contributed by atoms with E-state index in [1.807, 2.05) is 25.1 Å². The van der Waals surface area contributed by atoms with E-state index >= 15 is 0 Å². The molecule has 2 N–H and O–H groups in total. The fourth-order valence-corrected chi connectivity index (χ4v) is 3.15. The Morgan fingerprint density at radius 2 is 2.20 bits per heavy atom. The Kier molecular flexibility index (Phi) is 4.94. The molecule has 0 aliphatic rings. The van der Waals surface area contributed by atoms with E-state index in [1.165, 1.54) is 28.2 Å². The van der Waals surface area contributed by atoms with Gasteiger partial charge in [0.05, 0.1) is 16.8 Å². The number of fused-ring (bicyclic) bond motifs is 1. The highest BCUT2D eigenvalue weighted by atomic mass is 32.1. The number of nitrogens with one attached hydrogen (secondary N) is 2. The van der Waals surface area contributed by atoms with E-state index < -0.39 is 11.2 Å². The number of nitrogens with zero attached hydrogens (tertiary/aromatic N) is 2. The first-order valence-electron chi connectivity index (χ1n) is 7.68. The van der Waals surface area contributed by atoms with Crippen LogP contribution in [-0.4, -0.2) is 27.0 Å². The maximum Gasteiger partial charge on any atom is 0.328 e. The molecule has 8 nitrogen and oxygen atoms in total. The van der Waals surface area contributed by atoms with Crippen molar-refractivity contribution in [3.8, 4) is 5.75 Å². The van der Waals surface area contributed by atoms with Crippen LogP contribution in [-0.2, 0) is 11.3 Å². The number of aryl methyl sites for hydroxylation is 1. The molecule has 130 valence electrons. The third-order valence-electron chi connectivity index (χ3n) is 3.39. The lowest BCUT2D eigenvalue weighted by molar-refractivity contribution is -0.116. The van der Waals surface area contributed by atoms with Crippen molar-refractivity contribution in [2.45, 2.75) is 19.9 Å². The van der Waals surface area contributed by atoms with Crippen LogP contribution < -0.4 is 21.3 Å². The van der Waals surface area contributed by atoms with Crippen molar-refractivity contribution < 1.29 is 9.53 Å². The molecule has 1 amide bonds. The van der Waals surface area contributed by atoms with Gasteiger partial charge in [0.1, 0.15) is 5.75 Å². The van der Waals surface area contributed by atoms with Gasteiger partial charge in [-0.3, -0.25) is 14.6 Å². The van der Waals surface area contributed by atoms with Crippen LogP contribution in [0.25, 0.3) is 10.2 Å². The van der Waals surface area contributed by atoms with Crippen molar-refractivity contribution in [1.82, 2.24) is 14.5 Å². The summed E-state index contributed by atoms with van der Waals surface area (Å²) in [5, 5.41) is 3.21. The minimum absolute atomic E-state index is 0.0894. The average molecular weight is 360 g/mol. The molecule has 2 aromatic heterocycles. The predicted octanol–water partition coefficient (Wildman–Crippen LogP) is 1.57. The van der Waals surface area contributed by atoms with Gasteiger partial charge in [-0.25, -0.2) is 9.78 Å². The molecule has 0 saturated heterocycles. The Morgan fingerprint density at radius 1 is 1.36 bits per heavy atom. The summed E-state index contributed by atoms with van der Waals surface area (Å²) in [6.07, 6.45) is 1.45. The summed E-state index contributed by atoms with van der Waals surface area (Å²) < 4.78 is 7.63. The van der Waals surface area contributed by atoms with Gasteiger partial charge in [0.25, 0.3) is 5.56 Å². The molecular weight excluding hydrogens is 344 g/mol. The standard InChI is InChI=1S/C16H16N4O4S/c1-2-24-10-3-4-11-12(9-10)25-15(17-11)18-13(21)5-7-20-8-6-14(22)19-16(20)23/h3-4,6,8-9H,2,5,7H2,1H3,(H,17,18,21)(H,19,22,23). The number of aromatic nitrogens is 3. The second kappa shape index (κ2) is 7.31. The maximum absolute atomic E-state index is 12.1. The number of H-pyrrole nitrogens is 1. The Labute approximate surface area is 146 Å². The Balaban J connectivity index is 1.65. The molecule has 0 saturated carbocycles. The molecule has 25 heavy (non-hydrogen) atoms. The predicted molar refractivity (Wildman–Crippen MR) is 95.4 cm³/mol. The molecular formula is C16H16N4O4S. The largest absolute Gasteiger partial charge is 0.494 e. The topological polar surface area (TPSA) is 106 Å². The number of carbonyl (C=O) groups is 1. The summed E-state index contributed by atoms with van der Waals surface area (Å²) in [6, 6.07) is 6.79. The first kappa shape index (κ1) is 16.9. The van der Waals surface area contributed by atoms with E-state index in [9.17, 15) is 14.4 Å². The van der Waals surface area contributed by atoms with Crippen LogP contribution >= 0.6 is 11.3 Å². The number of carbonyl (C=O) groups excluding carboxylic acids is 1. The van der Waals surface area contributed by atoms with E-state index in [1.54, 1.807) is 0 Å². The highest BCUT2D eigenvalue weighted by Crippen LogP contribution is 2.29. The van der Waals surface area contributed by atoms with Gasteiger partial charge in [-0.2, -0.15) is 0 Å². The van der Waals surface area contributed by atoms with Crippen molar-refractivity contribution in [3.63, 3.8) is 0 Å². The minimum Gasteiger partial charge on any atom is -0.494 e. The van der Waals surface area contributed by atoms with Gasteiger partial charge >= 0.3 is 5.69 Å². The smallest absolute Gasteiger partial charge is 0.328 e. The number of amides is 1. The SMILES string of the molecule is CCOc1ccc2nc(NC(=O)CCn3ccc(=O)[nH]c3=O)sc2c1. The maximum atomic E-state index is 12.1. The number of aromatic amines is 1. The van der Waals surface area contributed by atoms with Gasteiger partial charge in [-0.1, -0.05) is 11.3 Å². The van der Waals surface area contributed by atoms with Crippen LogP contribution in [0.4, 0.5) is 5.13 Å². The zero-order chi connectivity index (χ0) is 17.8. The highest BCUT2D eigenvalue weighted by molar-refractivity contribution is 7.22. The van der Waals surface area contributed by atoms with Crippen molar-refractivity contribution in [1.29, 1.82) is 0 Å². The lowest BCUT2D eigenvalue weighted by Gasteiger charge is -2.04. The normalized spacial score (nSPS) is 10.8. The summed E-state index contributed by atoms with van der Waals surface area (Å²) >= 11 is 1.35. The third kappa shape index (κ3) is 4.13. The Hall–Kier alpha value is -2.94. The number of benzene rings is 1. The fourth-order valence-electron chi connectivity index (χ4n) is 2.24. The molecule has 0 aliphatic heterocycles. The van der Waals surface area contributed by atoms with E-state index in [0.29, 0.717) is 11.7 Å². The Bertz CT molecular complexity index is 1020. The summed E-state index contributed by atoms with van der Waals surface area (Å²) in [4.78, 5) is 41.1. The second-order valence-corrected chi connectivity index (χ2v) is 6.21. The van der Waals surface area contributed by atoms with Gasteiger partial charge in [-0.15, -0.1) is 0 Å². The molecule has 0 atom stereocenters. The first-order valence-corrected chi connectivity index (χ1v) is 8.50. The quantitative estimate of drug-likeness (QED) is 0.694. The van der Waals surface area contributed by atoms with E-state index in [2.05, 4.69) is 15.3 Å². The molecule has 0 unspecified atom stereocenters. The monoisotopic (exact) mass is 360 g/mol. The van der Waals surface area contributed by atoms with Crippen molar-refractivity contribution in [2.24, 2.45) is 0 Å². The average Bonchev–Trinajstić information content (AvgIpc) is 2.95. The van der Waals surface area contributed by atoms with Crippen molar-refractivity contribution >= 4 is 32.6 Å². The van der Waals surface area contributed by atoms with Crippen LogP contribution in [0.5, 0.6) is 5.75 Å². The van der Waals surface area contributed by atoms with Crippen LogP contribution in [0.2, 0.25) is 0 Å². The first-order chi connectivity index (χ1) is 12.0. The molecule has 2 heterocycles. The molecule has 0 radical (unpaired) electrons. The molecule has 0 bridgehead atoms. The molecule has 3 rings (SSSR count). The third-order valence-corrected chi connectivity index (χ3v) is 4.33. The summed E-state index contributed by atoms with van der Waals surface area (Å²) in [6.45, 7) is 2.66. The number of ether oxygens (including phenoxy) is 1. The number of hydrogen-bond acceptors (Lipinski definition) is 6. The van der Waals surface area contributed by atoms with Crippen LogP contribution in [0.1, 0.15) is 13.3 Å². The van der Waals surface area contributed by atoms with Gasteiger partial charge in [0, 0.05) is 25.2 Å². The van der Waals surface area contributed by atoms with E-state index in [-0.39, 0.29) is 18.9 Å². The molecule has 0 spiro atoms. The van der Waals surface area contributed by atoms with E-state index in [4.69, 9.17) is 4.74 Å². The lowest BCUT2D eigenvalue weighted by Crippen LogP contribution is -2.29. The molecule has 0 fully saturated rings. The summed E-state index contributed by atoms with van der Waals surface area (Å²) in [5.41, 5.74) is -0.226. The van der Waals surface area contributed by atoms with Crippen molar-refractivity contribution in [2.75, 3.05) is 11.9 Å². The Morgan fingerprint density at radius 3 is 2.96 bits per heavy atom. The van der Waals surface area contributed by atoms with Crippen LogP contribution in [0.15, 0.2) is 40.1 Å². The zero-order valence-electron chi connectivity index (χ0n) is 13.4. The fraction of sp³-hybridized carbons (Fsp3) is 0.250.